The maximum atomic E-state index is 8.87. The fourth-order valence-corrected chi connectivity index (χ4v) is 2.61. The molecule has 0 aromatic heterocycles. The molecule has 0 saturated carbocycles. The standard InChI is InChI=1S/C14H27N3/c1-14(2,3)12-5-8-17(9-6-12)10-7-13(11-15)16-4/h12-13,16H,5-10H2,1-4H3. The first-order valence-electron chi connectivity index (χ1n) is 6.76. The third kappa shape index (κ3) is 4.65. The first kappa shape index (κ1) is 14.5. The van der Waals surface area contributed by atoms with Crippen molar-refractivity contribution < 1.29 is 0 Å². The molecule has 1 rings (SSSR count). The fraction of sp³-hybridized carbons (Fsp3) is 0.929. The Balaban J connectivity index is 2.26. The summed E-state index contributed by atoms with van der Waals surface area (Å²) in [6.07, 6.45) is 3.55. The molecule has 1 N–H and O–H groups in total. The van der Waals surface area contributed by atoms with E-state index in [1.54, 1.807) is 0 Å². The van der Waals surface area contributed by atoms with Gasteiger partial charge in [-0.1, -0.05) is 20.8 Å². The van der Waals surface area contributed by atoms with Crippen molar-refractivity contribution in [1.29, 1.82) is 5.26 Å². The second-order valence-corrected chi connectivity index (χ2v) is 6.24. The average Bonchev–Trinajstić information content (AvgIpc) is 2.30. The summed E-state index contributed by atoms with van der Waals surface area (Å²) in [4.78, 5) is 2.50. The van der Waals surface area contributed by atoms with Gasteiger partial charge in [-0.3, -0.25) is 0 Å². The quantitative estimate of drug-likeness (QED) is 0.815. The van der Waals surface area contributed by atoms with Crippen LogP contribution in [0, 0.1) is 22.7 Å². The van der Waals surface area contributed by atoms with Crippen LogP contribution in [-0.4, -0.2) is 37.6 Å². The first-order chi connectivity index (χ1) is 7.97. The maximum absolute atomic E-state index is 8.87. The Kier molecular flexibility index (Phi) is 5.42. The van der Waals surface area contributed by atoms with Crippen molar-refractivity contribution in [1.82, 2.24) is 10.2 Å². The summed E-state index contributed by atoms with van der Waals surface area (Å²) in [5, 5.41) is 11.9. The molecule has 0 aromatic carbocycles. The molecule has 1 saturated heterocycles. The molecule has 3 heteroatoms. The number of hydrogen-bond acceptors (Lipinski definition) is 3. The fourth-order valence-electron chi connectivity index (χ4n) is 2.61. The van der Waals surface area contributed by atoms with Crippen molar-refractivity contribution in [3.05, 3.63) is 0 Å². The highest BCUT2D eigenvalue weighted by molar-refractivity contribution is 4.89. The maximum Gasteiger partial charge on any atom is 0.0962 e. The monoisotopic (exact) mass is 237 g/mol. The van der Waals surface area contributed by atoms with E-state index >= 15 is 0 Å². The number of nitrogens with one attached hydrogen (secondary N) is 1. The summed E-state index contributed by atoms with van der Waals surface area (Å²) in [5.41, 5.74) is 0.451. The van der Waals surface area contributed by atoms with E-state index in [1.807, 2.05) is 7.05 Å². The van der Waals surface area contributed by atoms with Crippen LogP contribution in [0.1, 0.15) is 40.0 Å². The Morgan fingerprint density at radius 2 is 1.94 bits per heavy atom. The predicted octanol–water partition coefficient (Wildman–Crippen LogP) is 2.25. The third-order valence-corrected chi connectivity index (χ3v) is 4.05. The molecule has 0 aliphatic carbocycles. The van der Waals surface area contributed by atoms with Gasteiger partial charge in [0.25, 0.3) is 0 Å². The largest absolute Gasteiger partial charge is 0.305 e. The van der Waals surface area contributed by atoms with Gasteiger partial charge in [-0.25, -0.2) is 0 Å². The minimum atomic E-state index is 0.00957. The molecule has 17 heavy (non-hydrogen) atoms. The summed E-state index contributed by atoms with van der Waals surface area (Å²) in [6, 6.07) is 2.30. The molecule has 98 valence electrons. The summed E-state index contributed by atoms with van der Waals surface area (Å²) in [5.74, 6) is 0.856. The van der Waals surface area contributed by atoms with Crippen molar-refractivity contribution >= 4 is 0 Å². The summed E-state index contributed by atoms with van der Waals surface area (Å²) in [7, 11) is 1.86. The van der Waals surface area contributed by atoms with E-state index in [9.17, 15) is 0 Å². The molecule has 1 heterocycles. The smallest absolute Gasteiger partial charge is 0.0962 e. The van der Waals surface area contributed by atoms with Gasteiger partial charge >= 0.3 is 0 Å². The summed E-state index contributed by atoms with van der Waals surface area (Å²) >= 11 is 0. The van der Waals surface area contributed by atoms with Gasteiger partial charge in [0.05, 0.1) is 12.1 Å². The molecule has 0 spiro atoms. The van der Waals surface area contributed by atoms with Crippen LogP contribution in [0.15, 0.2) is 0 Å². The minimum absolute atomic E-state index is 0.00957. The van der Waals surface area contributed by atoms with Gasteiger partial charge in [0.2, 0.25) is 0 Å². The van der Waals surface area contributed by atoms with Crippen LogP contribution in [0.5, 0.6) is 0 Å². The van der Waals surface area contributed by atoms with Gasteiger partial charge in [-0.2, -0.15) is 5.26 Å². The van der Waals surface area contributed by atoms with E-state index in [0.29, 0.717) is 5.41 Å². The molecule has 3 nitrogen and oxygen atoms in total. The zero-order valence-electron chi connectivity index (χ0n) is 11.8. The normalized spacial score (nSPS) is 21.1. The van der Waals surface area contributed by atoms with Crippen LogP contribution in [0.25, 0.3) is 0 Å². The molecule has 1 aliphatic rings. The second kappa shape index (κ2) is 6.37. The van der Waals surface area contributed by atoms with E-state index in [4.69, 9.17) is 5.26 Å². The Hall–Kier alpha value is -0.590. The van der Waals surface area contributed by atoms with Gasteiger partial charge in [0.1, 0.15) is 0 Å². The summed E-state index contributed by atoms with van der Waals surface area (Å²) in [6.45, 7) is 10.5. The highest BCUT2D eigenvalue weighted by atomic mass is 15.1. The van der Waals surface area contributed by atoms with Crippen molar-refractivity contribution in [3.63, 3.8) is 0 Å². The lowest BCUT2D eigenvalue weighted by Gasteiger charge is -2.39. The SMILES string of the molecule is CNC(C#N)CCN1CCC(C(C)(C)C)CC1. The zero-order valence-corrected chi connectivity index (χ0v) is 11.8. The molecule has 1 unspecified atom stereocenters. The van der Waals surface area contributed by atoms with Crippen molar-refractivity contribution in [2.24, 2.45) is 11.3 Å². The van der Waals surface area contributed by atoms with Crippen LogP contribution in [0.3, 0.4) is 0 Å². The number of likely N-dealkylation sites (tertiary alicyclic amines) is 1. The highest BCUT2D eigenvalue weighted by Crippen LogP contribution is 2.34. The highest BCUT2D eigenvalue weighted by Gasteiger charge is 2.28. The zero-order chi connectivity index (χ0) is 12.9. The van der Waals surface area contributed by atoms with E-state index in [2.05, 4.69) is 37.1 Å². The number of nitriles is 1. The molecular weight excluding hydrogens is 210 g/mol. The molecule has 0 radical (unpaired) electrons. The van der Waals surface area contributed by atoms with Crippen LogP contribution in [0.4, 0.5) is 0 Å². The van der Waals surface area contributed by atoms with Gasteiger partial charge in [-0.15, -0.1) is 0 Å². The van der Waals surface area contributed by atoms with Gasteiger partial charge in [-0.05, 0) is 50.7 Å². The minimum Gasteiger partial charge on any atom is -0.305 e. The molecule has 1 aliphatic heterocycles. The number of hydrogen-bond donors (Lipinski definition) is 1. The second-order valence-electron chi connectivity index (χ2n) is 6.24. The molecular formula is C14H27N3. The van der Waals surface area contributed by atoms with E-state index in [-0.39, 0.29) is 6.04 Å². The lowest BCUT2D eigenvalue weighted by Crippen LogP contribution is -2.40. The Bertz CT molecular complexity index is 254. The van der Waals surface area contributed by atoms with Gasteiger partial charge in [0, 0.05) is 6.54 Å². The molecule has 1 atom stereocenters. The lowest BCUT2D eigenvalue weighted by atomic mass is 9.75. The average molecular weight is 237 g/mol. The Morgan fingerprint density at radius 3 is 2.35 bits per heavy atom. The van der Waals surface area contributed by atoms with Crippen LogP contribution >= 0.6 is 0 Å². The van der Waals surface area contributed by atoms with Crippen molar-refractivity contribution in [2.45, 2.75) is 46.1 Å². The van der Waals surface area contributed by atoms with Crippen molar-refractivity contribution in [3.8, 4) is 6.07 Å². The topological polar surface area (TPSA) is 39.1 Å². The van der Waals surface area contributed by atoms with Crippen LogP contribution < -0.4 is 5.32 Å². The summed E-state index contributed by atoms with van der Waals surface area (Å²) < 4.78 is 0. The Morgan fingerprint density at radius 1 is 1.35 bits per heavy atom. The lowest BCUT2D eigenvalue weighted by molar-refractivity contribution is 0.110. The molecule has 0 aromatic rings. The Labute approximate surface area is 106 Å². The van der Waals surface area contributed by atoms with E-state index in [1.165, 1.54) is 25.9 Å². The van der Waals surface area contributed by atoms with Crippen LogP contribution in [-0.2, 0) is 0 Å². The molecule has 0 bridgehead atoms. The van der Waals surface area contributed by atoms with E-state index in [0.717, 1.165) is 18.9 Å². The number of nitrogens with zero attached hydrogens (tertiary/aromatic N) is 2. The predicted molar refractivity (Wildman–Crippen MR) is 71.7 cm³/mol. The first-order valence-corrected chi connectivity index (χ1v) is 6.76. The van der Waals surface area contributed by atoms with Crippen LogP contribution in [0.2, 0.25) is 0 Å². The molecule has 1 fully saturated rings. The van der Waals surface area contributed by atoms with Gasteiger partial charge in [0.15, 0.2) is 0 Å². The molecule has 0 amide bonds. The van der Waals surface area contributed by atoms with Crippen molar-refractivity contribution in [2.75, 3.05) is 26.7 Å². The van der Waals surface area contributed by atoms with Gasteiger partial charge < -0.3 is 10.2 Å². The number of piperidine rings is 1. The number of rotatable bonds is 4. The third-order valence-electron chi connectivity index (χ3n) is 4.05. The van der Waals surface area contributed by atoms with E-state index < -0.39 is 0 Å².